The minimum Gasteiger partial charge on any atom is -0.366 e. The van der Waals surface area contributed by atoms with Crippen LogP contribution in [0.3, 0.4) is 0 Å². The average Bonchev–Trinajstić information content (AvgIpc) is 2.35. The van der Waals surface area contributed by atoms with Gasteiger partial charge in [0.05, 0.1) is 5.69 Å². The molecule has 2 nitrogen and oxygen atoms in total. The molecule has 0 saturated carbocycles. The Hall–Kier alpha value is -1.09. The Morgan fingerprint density at radius 2 is 1.83 bits per heavy atom. The Kier molecular flexibility index (Phi) is 3.91. The summed E-state index contributed by atoms with van der Waals surface area (Å²) in [6.07, 6.45) is 0.882. The van der Waals surface area contributed by atoms with Crippen molar-refractivity contribution < 1.29 is 4.39 Å². The van der Waals surface area contributed by atoms with E-state index in [9.17, 15) is 4.39 Å². The number of halogens is 1. The molecule has 2 atom stereocenters. The van der Waals surface area contributed by atoms with Crippen LogP contribution in [0.15, 0.2) is 18.2 Å². The van der Waals surface area contributed by atoms with Crippen LogP contribution in [-0.4, -0.2) is 37.1 Å². The van der Waals surface area contributed by atoms with E-state index in [2.05, 4.69) is 37.6 Å². The van der Waals surface area contributed by atoms with Crippen molar-refractivity contribution >= 4 is 5.69 Å². The number of likely N-dealkylation sites (N-methyl/N-ethyl adjacent to an activating group) is 1. The average molecular weight is 250 g/mol. The number of anilines is 1. The number of piperazine rings is 1. The monoisotopic (exact) mass is 250 g/mol. The van der Waals surface area contributed by atoms with Crippen LogP contribution in [0, 0.1) is 5.82 Å². The van der Waals surface area contributed by atoms with Gasteiger partial charge in [0.2, 0.25) is 0 Å². The van der Waals surface area contributed by atoms with E-state index in [1.807, 2.05) is 12.1 Å². The van der Waals surface area contributed by atoms with Crippen LogP contribution in [0.4, 0.5) is 10.1 Å². The van der Waals surface area contributed by atoms with Gasteiger partial charge in [0.15, 0.2) is 0 Å². The van der Waals surface area contributed by atoms with Crippen LogP contribution in [0.1, 0.15) is 26.3 Å². The van der Waals surface area contributed by atoms with Crippen molar-refractivity contribution in [2.45, 2.75) is 39.3 Å². The SMILES string of the molecule is CCc1ccc(N2C[C@@H](C)N(C)[C@@H](C)C2)c(F)c1. The van der Waals surface area contributed by atoms with Gasteiger partial charge in [-0.2, -0.15) is 0 Å². The summed E-state index contributed by atoms with van der Waals surface area (Å²) in [4.78, 5) is 4.53. The third-order valence-corrected chi connectivity index (χ3v) is 4.12. The van der Waals surface area contributed by atoms with Crippen molar-refractivity contribution in [2.24, 2.45) is 0 Å². The molecular formula is C15H23FN2. The standard InChI is InChI=1S/C15H23FN2/c1-5-13-6-7-15(14(16)8-13)18-9-11(2)17(4)12(3)10-18/h6-8,11-12H,5,9-10H2,1-4H3/t11-,12+. The molecule has 0 aromatic heterocycles. The summed E-state index contributed by atoms with van der Waals surface area (Å²) in [5, 5.41) is 0. The lowest BCUT2D eigenvalue weighted by molar-refractivity contribution is 0.169. The van der Waals surface area contributed by atoms with Crippen molar-refractivity contribution in [1.29, 1.82) is 0 Å². The van der Waals surface area contributed by atoms with Gasteiger partial charge in [0.1, 0.15) is 5.82 Å². The third-order valence-electron chi connectivity index (χ3n) is 4.12. The van der Waals surface area contributed by atoms with Crippen LogP contribution in [0.5, 0.6) is 0 Å². The minimum absolute atomic E-state index is 0.0849. The summed E-state index contributed by atoms with van der Waals surface area (Å²) >= 11 is 0. The fraction of sp³-hybridized carbons (Fsp3) is 0.600. The van der Waals surface area contributed by atoms with Gasteiger partial charge < -0.3 is 4.90 Å². The molecule has 1 fully saturated rings. The molecule has 0 unspecified atom stereocenters. The van der Waals surface area contributed by atoms with Gasteiger partial charge in [0, 0.05) is 25.2 Å². The van der Waals surface area contributed by atoms with Crippen LogP contribution in [-0.2, 0) is 6.42 Å². The zero-order valence-corrected chi connectivity index (χ0v) is 11.8. The van der Waals surface area contributed by atoms with E-state index in [1.54, 1.807) is 6.07 Å². The predicted octanol–water partition coefficient (Wildman–Crippen LogP) is 2.92. The van der Waals surface area contributed by atoms with Crippen molar-refractivity contribution in [3.05, 3.63) is 29.6 Å². The molecule has 1 aromatic rings. The van der Waals surface area contributed by atoms with Gasteiger partial charge in [-0.3, -0.25) is 4.90 Å². The number of hydrogen-bond donors (Lipinski definition) is 0. The van der Waals surface area contributed by atoms with E-state index >= 15 is 0 Å². The smallest absolute Gasteiger partial charge is 0.146 e. The molecule has 0 bridgehead atoms. The Bertz CT molecular complexity index is 407. The minimum atomic E-state index is -0.0849. The third kappa shape index (κ3) is 2.51. The Balaban J connectivity index is 2.21. The van der Waals surface area contributed by atoms with E-state index in [-0.39, 0.29) is 5.82 Å². The van der Waals surface area contributed by atoms with Gasteiger partial charge in [-0.05, 0) is 45.0 Å². The van der Waals surface area contributed by atoms with Crippen LogP contribution >= 0.6 is 0 Å². The maximum Gasteiger partial charge on any atom is 0.146 e. The second-order valence-electron chi connectivity index (χ2n) is 5.41. The first-order chi connectivity index (χ1) is 8.52. The second-order valence-corrected chi connectivity index (χ2v) is 5.41. The summed E-state index contributed by atoms with van der Waals surface area (Å²) in [6, 6.07) is 6.55. The fourth-order valence-corrected chi connectivity index (χ4v) is 2.63. The molecular weight excluding hydrogens is 227 g/mol. The van der Waals surface area contributed by atoms with E-state index in [1.165, 1.54) is 0 Å². The Morgan fingerprint density at radius 1 is 1.22 bits per heavy atom. The molecule has 1 saturated heterocycles. The summed E-state index contributed by atoms with van der Waals surface area (Å²) < 4.78 is 14.1. The first-order valence-corrected chi connectivity index (χ1v) is 6.78. The highest BCUT2D eigenvalue weighted by atomic mass is 19.1. The van der Waals surface area contributed by atoms with Gasteiger partial charge in [-0.15, -0.1) is 0 Å². The van der Waals surface area contributed by atoms with Gasteiger partial charge in [-0.1, -0.05) is 13.0 Å². The van der Waals surface area contributed by atoms with Crippen molar-refractivity contribution in [3.63, 3.8) is 0 Å². The maximum absolute atomic E-state index is 14.1. The lowest BCUT2D eigenvalue weighted by atomic mass is 10.1. The number of nitrogens with zero attached hydrogens (tertiary/aromatic N) is 2. The molecule has 100 valence electrons. The maximum atomic E-state index is 14.1. The van der Waals surface area contributed by atoms with E-state index in [0.29, 0.717) is 12.1 Å². The number of aryl methyl sites for hydroxylation is 1. The molecule has 3 heteroatoms. The van der Waals surface area contributed by atoms with Crippen molar-refractivity contribution in [3.8, 4) is 0 Å². The van der Waals surface area contributed by atoms with E-state index < -0.39 is 0 Å². The van der Waals surface area contributed by atoms with E-state index in [4.69, 9.17) is 0 Å². The summed E-state index contributed by atoms with van der Waals surface area (Å²) in [5.41, 5.74) is 1.81. The molecule has 0 aliphatic carbocycles. The number of benzene rings is 1. The van der Waals surface area contributed by atoms with Gasteiger partial charge in [0.25, 0.3) is 0 Å². The molecule has 1 aliphatic rings. The highest BCUT2D eigenvalue weighted by molar-refractivity contribution is 5.50. The lowest BCUT2D eigenvalue weighted by Gasteiger charge is -2.43. The molecule has 1 heterocycles. The van der Waals surface area contributed by atoms with Gasteiger partial charge in [-0.25, -0.2) is 4.39 Å². The molecule has 0 spiro atoms. The normalized spacial score (nSPS) is 25.5. The molecule has 0 amide bonds. The quantitative estimate of drug-likeness (QED) is 0.796. The van der Waals surface area contributed by atoms with Gasteiger partial charge >= 0.3 is 0 Å². The fourth-order valence-electron chi connectivity index (χ4n) is 2.63. The zero-order chi connectivity index (χ0) is 13.3. The predicted molar refractivity (Wildman–Crippen MR) is 74.7 cm³/mol. The molecule has 0 N–H and O–H groups in total. The largest absolute Gasteiger partial charge is 0.366 e. The Labute approximate surface area is 109 Å². The molecule has 2 rings (SSSR count). The second kappa shape index (κ2) is 5.27. The summed E-state index contributed by atoms with van der Waals surface area (Å²) in [5.74, 6) is -0.0849. The molecule has 1 aromatic carbocycles. The summed E-state index contributed by atoms with van der Waals surface area (Å²) in [7, 11) is 2.14. The molecule has 18 heavy (non-hydrogen) atoms. The lowest BCUT2D eigenvalue weighted by Crippen LogP contribution is -2.55. The van der Waals surface area contributed by atoms with Crippen LogP contribution in [0.2, 0.25) is 0 Å². The highest BCUT2D eigenvalue weighted by Gasteiger charge is 2.27. The Morgan fingerprint density at radius 3 is 2.33 bits per heavy atom. The van der Waals surface area contributed by atoms with Crippen molar-refractivity contribution in [1.82, 2.24) is 4.90 Å². The molecule has 0 radical (unpaired) electrons. The first-order valence-electron chi connectivity index (χ1n) is 6.78. The summed E-state index contributed by atoms with van der Waals surface area (Å²) in [6.45, 7) is 8.23. The van der Waals surface area contributed by atoms with Crippen LogP contribution < -0.4 is 4.90 Å². The zero-order valence-electron chi connectivity index (χ0n) is 11.8. The number of rotatable bonds is 2. The first kappa shape index (κ1) is 13.3. The molecule has 1 aliphatic heterocycles. The topological polar surface area (TPSA) is 6.48 Å². The number of hydrogen-bond acceptors (Lipinski definition) is 2. The van der Waals surface area contributed by atoms with E-state index in [0.717, 1.165) is 30.8 Å². The van der Waals surface area contributed by atoms with Crippen molar-refractivity contribution in [2.75, 3.05) is 25.0 Å². The van der Waals surface area contributed by atoms with Crippen LogP contribution in [0.25, 0.3) is 0 Å². The highest BCUT2D eigenvalue weighted by Crippen LogP contribution is 2.25.